The summed E-state index contributed by atoms with van der Waals surface area (Å²) in [5.41, 5.74) is 2.97. The molecule has 2 aromatic rings. The van der Waals surface area contributed by atoms with Gasteiger partial charge in [-0.2, -0.15) is 0 Å². The quantitative estimate of drug-likeness (QED) is 0.927. The first kappa shape index (κ1) is 16.8. The zero-order valence-corrected chi connectivity index (χ0v) is 14.8. The van der Waals surface area contributed by atoms with Crippen molar-refractivity contribution in [2.24, 2.45) is 0 Å². The number of benzene rings is 2. The van der Waals surface area contributed by atoms with Crippen molar-refractivity contribution in [1.29, 1.82) is 0 Å². The summed E-state index contributed by atoms with van der Waals surface area (Å²) in [5.74, 6) is 0.652. The number of fused-ring (bicyclic) bond motifs is 1. The molecular formula is C18H21NO4S. The Morgan fingerprint density at radius 1 is 1.17 bits per heavy atom. The van der Waals surface area contributed by atoms with Crippen LogP contribution in [0.5, 0.6) is 5.75 Å². The largest absolute Gasteiger partial charge is 0.496 e. The van der Waals surface area contributed by atoms with Gasteiger partial charge in [-0.3, -0.25) is 4.31 Å². The molecule has 0 aromatic heterocycles. The van der Waals surface area contributed by atoms with Gasteiger partial charge in [-0.05, 0) is 50.1 Å². The molecule has 0 amide bonds. The van der Waals surface area contributed by atoms with Crippen LogP contribution in [-0.2, 0) is 10.0 Å². The predicted molar refractivity (Wildman–Crippen MR) is 93.0 cm³/mol. The van der Waals surface area contributed by atoms with Crippen LogP contribution in [-0.4, -0.2) is 27.2 Å². The average Bonchev–Trinajstić information content (AvgIpc) is 2.55. The fourth-order valence-electron chi connectivity index (χ4n) is 3.07. The molecule has 3 rings (SSSR count). The number of hydrogen-bond donors (Lipinski definition) is 1. The molecule has 0 saturated carbocycles. The number of sulfonamides is 1. The van der Waals surface area contributed by atoms with Crippen molar-refractivity contribution >= 4 is 15.7 Å². The minimum atomic E-state index is -3.69. The first-order valence-electron chi connectivity index (χ1n) is 7.80. The molecule has 0 bridgehead atoms. The molecule has 2 aromatic carbocycles. The van der Waals surface area contributed by atoms with Crippen LogP contribution in [0.25, 0.3) is 0 Å². The third-order valence-electron chi connectivity index (χ3n) is 4.37. The number of ether oxygens (including phenoxy) is 1. The van der Waals surface area contributed by atoms with Crippen molar-refractivity contribution in [2.75, 3.05) is 18.0 Å². The Labute approximate surface area is 142 Å². The lowest BCUT2D eigenvalue weighted by Gasteiger charge is -2.33. The maximum Gasteiger partial charge on any atom is 0.264 e. The minimum Gasteiger partial charge on any atom is -0.496 e. The van der Waals surface area contributed by atoms with Gasteiger partial charge in [0.05, 0.1) is 23.8 Å². The highest BCUT2D eigenvalue weighted by atomic mass is 32.2. The maximum atomic E-state index is 13.1. The third-order valence-corrected chi connectivity index (χ3v) is 6.18. The lowest BCUT2D eigenvalue weighted by molar-refractivity contribution is 0.166. The molecule has 1 N–H and O–H groups in total. The molecule has 0 radical (unpaired) electrons. The van der Waals surface area contributed by atoms with Crippen LogP contribution in [0.4, 0.5) is 5.69 Å². The summed E-state index contributed by atoms with van der Waals surface area (Å²) in [4.78, 5) is 0.226. The number of hydrogen-bond acceptors (Lipinski definition) is 4. The fraction of sp³-hybridized carbons (Fsp3) is 0.333. The number of anilines is 1. The van der Waals surface area contributed by atoms with Crippen LogP contribution in [0.1, 0.15) is 29.2 Å². The van der Waals surface area contributed by atoms with Crippen LogP contribution >= 0.6 is 0 Å². The van der Waals surface area contributed by atoms with Crippen molar-refractivity contribution < 1.29 is 18.3 Å². The van der Waals surface area contributed by atoms with Gasteiger partial charge in [0.15, 0.2) is 0 Å². The van der Waals surface area contributed by atoms with E-state index in [9.17, 15) is 13.5 Å². The van der Waals surface area contributed by atoms with Crippen LogP contribution < -0.4 is 9.04 Å². The van der Waals surface area contributed by atoms with Crippen LogP contribution in [0.2, 0.25) is 0 Å². The molecule has 1 unspecified atom stereocenters. The summed E-state index contributed by atoms with van der Waals surface area (Å²) in [7, 11) is -2.14. The molecule has 0 aliphatic carbocycles. The van der Waals surface area contributed by atoms with Gasteiger partial charge in [0, 0.05) is 12.1 Å². The van der Waals surface area contributed by atoms with Gasteiger partial charge in [-0.1, -0.05) is 17.7 Å². The Morgan fingerprint density at radius 3 is 2.58 bits per heavy atom. The van der Waals surface area contributed by atoms with E-state index < -0.39 is 16.1 Å². The monoisotopic (exact) mass is 347 g/mol. The predicted octanol–water partition coefficient (Wildman–Crippen LogP) is 2.94. The van der Waals surface area contributed by atoms with E-state index >= 15 is 0 Å². The van der Waals surface area contributed by atoms with E-state index in [-0.39, 0.29) is 11.4 Å². The maximum absolute atomic E-state index is 13.1. The molecule has 6 heteroatoms. The molecule has 128 valence electrons. The number of aliphatic hydroxyl groups excluding tert-OH is 1. The van der Waals surface area contributed by atoms with E-state index in [1.165, 1.54) is 4.31 Å². The highest BCUT2D eigenvalue weighted by Gasteiger charge is 2.32. The van der Waals surface area contributed by atoms with E-state index in [2.05, 4.69) is 0 Å². The van der Waals surface area contributed by atoms with Crippen molar-refractivity contribution in [2.45, 2.75) is 31.3 Å². The van der Waals surface area contributed by atoms with Crippen molar-refractivity contribution in [3.63, 3.8) is 0 Å². The summed E-state index contributed by atoms with van der Waals surface area (Å²) in [5, 5.41) is 10.2. The topological polar surface area (TPSA) is 66.8 Å². The summed E-state index contributed by atoms with van der Waals surface area (Å²) in [6, 6.07) is 10.3. The van der Waals surface area contributed by atoms with E-state index in [0.29, 0.717) is 23.4 Å². The zero-order chi connectivity index (χ0) is 17.5. The van der Waals surface area contributed by atoms with E-state index in [1.807, 2.05) is 26.0 Å². The van der Waals surface area contributed by atoms with E-state index in [4.69, 9.17) is 4.74 Å². The molecule has 5 nitrogen and oxygen atoms in total. The van der Waals surface area contributed by atoms with E-state index in [1.54, 1.807) is 31.4 Å². The standard InChI is InChI=1S/C18H21NO4S/c1-12-4-6-16-15(10-12)17(20)8-9-19(16)24(21,22)14-5-7-18(23-3)13(2)11-14/h4-7,10-11,17,20H,8-9H2,1-3H3. The Balaban J connectivity index is 2.08. The molecule has 0 spiro atoms. The normalized spacial score (nSPS) is 17.5. The van der Waals surface area contributed by atoms with Gasteiger partial charge in [-0.25, -0.2) is 8.42 Å². The summed E-state index contributed by atoms with van der Waals surface area (Å²) < 4.78 is 32.8. The lowest BCUT2D eigenvalue weighted by atomic mass is 9.99. The average molecular weight is 347 g/mol. The first-order chi connectivity index (χ1) is 11.3. The fourth-order valence-corrected chi connectivity index (χ4v) is 4.66. The summed E-state index contributed by atoms with van der Waals surface area (Å²) in [6.45, 7) is 3.99. The van der Waals surface area contributed by atoms with Gasteiger partial charge in [0.1, 0.15) is 5.75 Å². The Morgan fingerprint density at radius 2 is 1.92 bits per heavy atom. The lowest BCUT2D eigenvalue weighted by Crippen LogP contribution is -2.36. The number of aliphatic hydroxyl groups is 1. The Bertz CT molecular complexity index is 877. The summed E-state index contributed by atoms with van der Waals surface area (Å²) >= 11 is 0. The minimum absolute atomic E-state index is 0.226. The number of aryl methyl sites for hydroxylation is 2. The van der Waals surface area contributed by atoms with Crippen LogP contribution in [0.3, 0.4) is 0 Å². The van der Waals surface area contributed by atoms with Gasteiger partial charge in [0.25, 0.3) is 10.0 Å². The second-order valence-corrected chi connectivity index (χ2v) is 7.94. The van der Waals surface area contributed by atoms with Crippen molar-refractivity contribution in [3.8, 4) is 5.75 Å². The molecule has 0 saturated heterocycles. The Kier molecular flexibility index (Phi) is 4.27. The van der Waals surface area contributed by atoms with E-state index in [0.717, 1.165) is 11.1 Å². The smallest absolute Gasteiger partial charge is 0.264 e. The second-order valence-electron chi connectivity index (χ2n) is 6.08. The van der Waals surface area contributed by atoms with Gasteiger partial charge >= 0.3 is 0 Å². The van der Waals surface area contributed by atoms with Crippen molar-refractivity contribution in [3.05, 3.63) is 53.1 Å². The Hall–Kier alpha value is -2.05. The molecule has 0 fully saturated rings. The van der Waals surface area contributed by atoms with Gasteiger partial charge < -0.3 is 9.84 Å². The zero-order valence-electron chi connectivity index (χ0n) is 14.0. The first-order valence-corrected chi connectivity index (χ1v) is 9.24. The number of methoxy groups -OCH3 is 1. The molecule has 1 atom stereocenters. The molecular weight excluding hydrogens is 326 g/mol. The van der Waals surface area contributed by atoms with Gasteiger partial charge in [0.2, 0.25) is 0 Å². The number of nitrogens with zero attached hydrogens (tertiary/aromatic N) is 1. The highest BCUT2D eigenvalue weighted by Crippen LogP contribution is 2.38. The molecule has 24 heavy (non-hydrogen) atoms. The molecule has 1 aliphatic rings. The molecule has 1 aliphatic heterocycles. The second kappa shape index (κ2) is 6.11. The molecule has 1 heterocycles. The highest BCUT2D eigenvalue weighted by molar-refractivity contribution is 7.92. The number of rotatable bonds is 3. The van der Waals surface area contributed by atoms with Crippen LogP contribution in [0.15, 0.2) is 41.3 Å². The van der Waals surface area contributed by atoms with Gasteiger partial charge in [-0.15, -0.1) is 0 Å². The third kappa shape index (κ3) is 2.76. The SMILES string of the molecule is COc1ccc(S(=O)(=O)N2CCC(O)c3cc(C)ccc32)cc1C. The van der Waals surface area contributed by atoms with Crippen LogP contribution in [0, 0.1) is 13.8 Å². The summed E-state index contributed by atoms with van der Waals surface area (Å²) in [6.07, 6.45) is -0.255. The van der Waals surface area contributed by atoms with Crippen molar-refractivity contribution in [1.82, 2.24) is 0 Å².